The van der Waals surface area contributed by atoms with E-state index >= 15 is 0 Å². The first-order valence-corrected chi connectivity index (χ1v) is 7.28. The van der Waals surface area contributed by atoms with Crippen LogP contribution in [0.4, 0.5) is 0 Å². The van der Waals surface area contributed by atoms with Gasteiger partial charge in [-0.15, -0.1) is 0 Å². The number of aliphatic hydroxyl groups excluding tert-OH is 1. The molecule has 2 saturated carbocycles. The van der Waals surface area contributed by atoms with E-state index in [1.54, 1.807) is 0 Å². The van der Waals surface area contributed by atoms with Gasteiger partial charge in [-0.1, -0.05) is 12.8 Å². The summed E-state index contributed by atoms with van der Waals surface area (Å²) in [6.45, 7) is 2.17. The molecule has 2 aliphatic carbocycles. The third-order valence-corrected chi connectivity index (χ3v) is 5.46. The highest BCUT2D eigenvalue weighted by atomic mass is 16.3. The number of rotatable bonds is 3. The number of carbonyl (C=O) groups is 1. The van der Waals surface area contributed by atoms with E-state index in [1.165, 1.54) is 0 Å². The molecule has 0 bridgehead atoms. The van der Waals surface area contributed by atoms with E-state index in [0.29, 0.717) is 12.1 Å². The zero-order chi connectivity index (χ0) is 12.9. The van der Waals surface area contributed by atoms with Crippen molar-refractivity contribution in [1.29, 1.82) is 0 Å². The highest BCUT2D eigenvalue weighted by Gasteiger charge is 2.55. The van der Waals surface area contributed by atoms with Crippen molar-refractivity contribution in [3.63, 3.8) is 0 Å². The van der Waals surface area contributed by atoms with Crippen LogP contribution in [-0.4, -0.2) is 40.6 Å². The largest absolute Gasteiger partial charge is 0.396 e. The minimum atomic E-state index is -0.508. The van der Waals surface area contributed by atoms with E-state index in [-0.39, 0.29) is 17.9 Å². The molecule has 4 nitrogen and oxygen atoms in total. The summed E-state index contributed by atoms with van der Waals surface area (Å²) >= 11 is 0. The molecular weight excluding hydrogens is 228 g/mol. The SMILES string of the molecule is C[C@@H]1C[C@@H]2C[C@@H]2N1C(=O)[C@@H](N)C1(CO)CCCC1. The molecule has 4 heteroatoms. The van der Waals surface area contributed by atoms with Crippen LogP contribution in [0, 0.1) is 11.3 Å². The van der Waals surface area contributed by atoms with Gasteiger partial charge in [0.1, 0.15) is 0 Å². The molecule has 1 amide bonds. The number of hydrogen-bond acceptors (Lipinski definition) is 3. The Balaban J connectivity index is 1.75. The van der Waals surface area contributed by atoms with Crippen molar-refractivity contribution < 1.29 is 9.90 Å². The quantitative estimate of drug-likeness (QED) is 0.783. The number of nitrogens with zero attached hydrogens (tertiary/aromatic N) is 1. The zero-order valence-electron chi connectivity index (χ0n) is 11.1. The van der Waals surface area contributed by atoms with E-state index in [0.717, 1.165) is 44.4 Å². The molecule has 3 N–H and O–H groups in total. The first-order valence-electron chi connectivity index (χ1n) is 7.28. The van der Waals surface area contributed by atoms with Gasteiger partial charge >= 0.3 is 0 Å². The maximum absolute atomic E-state index is 12.6. The molecule has 1 heterocycles. The molecule has 3 rings (SSSR count). The minimum Gasteiger partial charge on any atom is -0.396 e. The average molecular weight is 252 g/mol. The smallest absolute Gasteiger partial charge is 0.240 e. The number of aliphatic hydroxyl groups is 1. The van der Waals surface area contributed by atoms with Gasteiger partial charge in [-0.05, 0) is 38.5 Å². The maximum atomic E-state index is 12.6. The first kappa shape index (κ1) is 12.4. The van der Waals surface area contributed by atoms with Gasteiger partial charge in [0.2, 0.25) is 5.91 Å². The van der Waals surface area contributed by atoms with E-state index < -0.39 is 6.04 Å². The van der Waals surface area contributed by atoms with Gasteiger partial charge < -0.3 is 15.7 Å². The predicted octanol–water partition coefficient (Wildman–Crippen LogP) is 0.876. The summed E-state index contributed by atoms with van der Waals surface area (Å²) in [5.74, 6) is 0.813. The fraction of sp³-hybridized carbons (Fsp3) is 0.929. The van der Waals surface area contributed by atoms with Crippen LogP contribution in [0.1, 0.15) is 45.4 Å². The predicted molar refractivity (Wildman–Crippen MR) is 68.8 cm³/mol. The molecule has 3 aliphatic rings. The second-order valence-electron chi connectivity index (χ2n) is 6.60. The highest BCUT2D eigenvalue weighted by molar-refractivity contribution is 5.84. The van der Waals surface area contributed by atoms with Crippen LogP contribution in [0.25, 0.3) is 0 Å². The van der Waals surface area contributed by atoms with Crippen molar-refractivity contribution in [2.45, 2.75) is 63.6 Å². The van der Waals surface area contributed by atoms with Crippen molar-refractivity contribution >= 4 is 5.91 Å². The summed E-state index contributed by atoms with van der Waals surface area (Å²) in [5.41, 5.74) is 5.90. The summed E-state index contributed by atoms with van der Waals surface area (Å²) in [4.78, 5) is 14.7. The zero-order valence-corrected chi connectivity index (χ0v) is 11.1. The van der Waals surface area contributed by atoms with E-state index in [9.17, 15) is 9.90 Å². The molecule has 0 aromatic heterocycles. The minimum absolute atomic E-state index is 0.0518. The monoisotopic (exact) mass is 252 g/mol. The topological polar surface area (TPSA) is 66.6 Å². The third kappa shape index (κ3) is 1.69. The highest BCUT2D eigenvalue weighted by Crippen LogP contribution is 2.49. The van der Waals surface area contributed by atoms with Crippen LogP contribution in [-0.2, 0) is 4.79 Å². The van der Waals surface area contributed by atoms with Crippen LogP contribution < -0.4 is 5.73 Å². The van der Waals surface area contributed by atoms with Gasteiger partial charge in [-0.2, -0.15) is 0 Å². The van der Waals surface area contributed by atoms with E-state index in [1.807, 2.05) is 4.90 Å². The second-order valence-corrected chi connectivity index (χ2v) is 6.60. The number of hydrogen-bond donors (Lipinski definition) is 2. The van der Waals surface area contributed by atoms with Crippen molar-refractivity contribution in [1.82, 2.24) is 4.90 Å². The summed E-state index contributed by atoms with van der Waals surface area (Å²) < 4.78 is 0. The van der Waals surface area contributed by atoms with Gasteiger partial charge in [0.15, 0.2) is 0 Å². The number of likely N-dealkylation sites (tertiary alicyclic amines) is 1. The Morgan fingerprint density at radius 3 is 2.61 bits per heavy atom. The molecule has 0 aromatic carbocycles. The summed E-state index contributed by atoms with van der Waals surface area (Å²) in [7, 11) is 0. The molecule has 0 aromatic rings. The summed E-state index contributed by atoms with van der Waals surface area (Å²) in [6.07, 6.45) is 6.26. The lowest BCUT2D eigenvalue weighted by Crippen LogP contribution is -2.55. The fourth-order valence-corrected chi connectivity index (χ4v) is 4.15. The van der Waals surface area contributed by atoms with Crippen molar-refractivity contribution in [3.8, 4) is 0 Å². The van der Waals surface area contributed by atoms with E-state index in [4.69, 9.17) is 5.73 Å². The third-order valence-electron chi connectivity index (χ3n) is 5.46. The van der Waals surface area contributed by atoms with Gasteiger partial charge in [-0.25, -0.2) is 0 Å². The average Bonchev–Trinajstić information content (AvgIpc) is 2.83. The molecule has 0 radical (unpaired) electrons. The van der Waals surface area contributed by atoms with Crippen LogP contribution in [0.5, 0.6) is 0 Å². The van der Waals surface area contributed by atoms with Crippen LogP contribution in [0.3, 0.4) is 0 Å². The number of nitrogens with two attached hydrogens (primary N) is 1. The Morgan fingerprint density at radius 2 is 2.11 bits per heavy atom. The molecule has 3 fully saturated rings. The Labute approximate surface area is 109 Å². The normalized spacial score (nSPS) is 38.6. The van der Waals surface area contributed by atoms with Gasteiger partial charge in [0.05, 0.1) is 12.6 Å². The van der Waals surface area contributed by atoms with E-state index in [2.05, 4.69) is 6.92 Å². The molecule has 4 atom stereocenters. The lowest BCUT2D eigenvalue weighted by Gasteiger charge is -2.36. The lowest BCUT2D eigenvalue weighted by atomic mass is 9.79. The Hall–Kier alpha value is -0.610. The Kier molecular flexibility index (Phi) is 2.90. The summed E-state index contributed by atoms with van der Waals surface area (Å²) in [6, 6.07) is 0.284. The lowest BCUT2D eigenvalue weighted by molar-refractivity contribution is -0.138. The number of amides is 1. The molecule has 1 saturated heterocycles. The van der Waals surface area contributed by atoms with Crippen LogP contribution in [0.15, 0.2) is 0 Å². The van der Waals surface area contributed by atoms with Crippen LogP contribution >= 0.6 is 0 Å². The molecule has 102 valence electrons. The molecule has 0 spiro atoms. The van der Waals surface area contributed by atoms with Crippen molar-refractivity contribution in [2.24, 2.45) is 17.1 Å². The molecular formula is C14H24N2O2. The second kappa shape index (κ2) is 4.20. The Morgan fingerprint density at radius 1 is 1.44 bits per heavy atom. The van der Waals surface area contributed by atoms with Crippen molar-refractivity contribution in [2.75, 3.05) is 6.61 Å². The van der Waals surface area contributed by atoms with Crippen LogP contribution in [0.2, 0.25) is 0 Å². The summed E-state index contributed by atoms with van der Waals surface area (Å²) in [5, 5.41) is 9.67. The van der Waals surface area contributed by atoms with Gasteiger partial charge in [0.25, 0.3) is 0 Å². The Bertz CT molecular complexity index is 350. The molecule has 0 unspecified atom stereocenters. The number of piperidine rings is 1. The maximum Gasteiger partial charge on any atom is 0.240 e. The number of fused-ring (bicyclic) bond motifs is 1. The van der Waals surface area contributed by atoms with Crippen molar-refractivity contribution in [3.05, 3.63) is 0 Å². The molecule has 18 heavy (non-hydrogen) atoms. The molecule has 1 aliphatic heterocycles. The fourth-order valence-electron chi connectivity index (χ4n) is 4.15. The first-order chi connectivity index (χ1) is 8.59. The standard InChI is InChI=1S/C14H24N2O2/c1-9-6-10-7-11(10)16(9)13(18)12(15)14(8-17)4-2-3-5-14/h9-12,17H,2-8,15H2,1H3/t9-,10-,11+,12-/m1/s1. The number of carbonyl (C=O) groups excluding carboxylic acids is 1. The van der Waals surface area contributed by atoms with Gasteiger partial charge in [0, 0.05) is 17.5 Å². The van der Waals surface area contributed by atoms with Gasteiger partial charge in [-0.3, -0.25) is 4.79 Å².